The lowest BCUT2D eigenvalue weighted by Gasteiger charge is -2.55. The first-order chi connectivity index (χ1) is 18.9. The minimum absolute atomic E-state index is 0.0117. The maximum absolute atomic E-state index is 12.7. The van der Waals surface area contributed by atoms with Gasteiger partial charge in [0.15, 0.2) is 5.82 Å². The van der Waals surface area contributed by atoms with Crippen molar-refractivity contribution in [2.24, 2.45) is 5.41 Å². The number of amides is 1. The van der Waals surface area contributed by atoms with Gasteiger partial charge in [-0.25, -0.2) is 4.98 Å². The molecule has 2 aromatic carbocycles. The molecule has 10 heteroatoms. The Morgan fingerprint density at radius 1 is 1.07 bits per heavy atom. The van der Waals surface area contributed by atoms with Gasteiger partial charge in [-0.2, -0.15) is 4.98 Å². The van der Waals surface area contributed by atoms with E-state index in [2.05, 4.69) is 60.2 Å². The van der Waals surface area contributed by atoms with Crippen molar-refractivity contribution < 1.29 is 14.3 Å². The number of rotatable bonds is 7. The first kappa shape index (κ1) is 28.0. The maximum atomic E-state index is 12.7. The van der Waals surface area contributed by atoms with E-state index in [1.807, 2.05) is 36.4 Å². The molecule has 1 saturated heterocycles. The summed E-state index contributed by atoms with van der Waals surface area (Å²) in [5, 5.41) is 6.79. The molecule has 3 aromatic rings. The van der Waals surface area contributed by atoms with E-state index in [1.165, 1.54) is 6.20 Å². The number of nitrogens with zero attached hydrogens (tertiary/aromatic N) is 4. The minimum Gasteiger partial charge on any atom is -0.494 e. The van der Waals surface area contributed by atoms with Crippen molar-refractivity contribution in [1.82, 2.24) is 19.8 Å². The molecule has 3 heterocycles. The molecule has 1 unspecified atom stereocenters. The van der Waals surface area contributed by atoms with Crippen LogP contribution in [0.3, 0.4) is 0 Å². The number of likely N-dealkylation sites (tertiary alicyclic amines) is 1. The summed E-state index contributed by atoms with van der Waals surface area (Å²) in [4.78, 5) is 25.7. The van der Waals surface area contributed by atoms with Gasteiger partial charge in [0.1, 0.15) is 22.6 Å². The van der Waals surface area contributed by atoms with Crippen LogP contribution in [0.25, 0.3) is 0 Å². The Morgan fingerprint density at radius 2 is 1.85 bits per heavy atom. The quantitative estimate of drug-likeness (QED) is 0.356. The minimum atomic E-state index is -0.0659. The lowest BCUT2D eigenvalue weighted by Crippen LogP contribution is -2.63. The summed E-state index contributed by atoms with van der Waals surface area (Å²) in [5.74, 6) is 2.02. The van der Waals surface area contributed by atoms with E-state index in [0.717, 1.165) is 24.3 Å². The molecule has 2 aliphatic rings. The molecule has 1 aromatic heterocycles. The highest BCUT2D eigenvalue weighted by Gasteiger charge is 2.50. The van der Waals surface area contributed by atoms with Crippen LogP contribution in [0.15, 0.2) is 42.6 Å². The Balaban J connectivity index is 1.35. The molecule has 2 aliphatic heterocycles. The summed E-state index contributed by atoms with van der Waals surface area (Å²) in [7, 11) is 5.57. The largest absolute Gasteiger partial charge is 0.494 e. The lowest BCUT2D eigenvalue weighted by molar-refractivity contribution is -0.0918. The number of carbonyl (C=O) groups excluding carboxylic acids is 1. The Hall–Kier alpha value is -3.56. The van der Waals surface area contributed by atoms with Crippen molar-refractivity contribution in [3.8, 4) is 11.5 Å². The molecule has 0 radical (unpaired) electrons. The molecule has 5 rings (SSSR count). The van der Waals surface area contributed by atoms with E-state index in [-0.39, 0.29) is 23.0 Å². The number of aromatic nitrogens is 2. The third kappa shape index (κ3) is 4.92. The van der Waals surface area contributed by atoms with Gasteiger partial charge < -0.3 is 29.9 Å². The molecule has 0 saturated carbocycles. The first-order valence-electron chi connectivity index (χ1n) is 13.4. The van der Waals surface area contributed by atoms with Crippen LogP contribution in [0, 0.1) is 5.41 Å². The number of nitrogens with one attached hydrogen (secondary N) is 2. The monoisotopic (exact) mass is 564 g/mol. The summed E-state index contributed by atoms with van der Waals surface area (Å²) in [6.07, 6.45) is 2.52. The SMILES string of the molecule is COc1cc(OC2CCN(C)C(C)(C)C2(C)C)ccc1Nc1ncc(Cl)c(Nc2cccc3c2C(=O)N(C)C3)n1. The molecular weight excluding hydrogens is 528 g/mol. The predicted octanol–water partition coefficient (Wildman–Crippen LogP) is 6.10. The van der Waals surface area contributed by atoms with Gasteiger partial charge in [-0.3, -0.25) is 4.79 Å². The van der Waals surface area contributed by atoms with Gasteiger partial charge in [-0.1, -0.05) is 37.6 Å². The van der Waals surface area contributed by atoms with Crippen molar-refractivity contribution in [2.45, 2.75) is 52.3 Å². The summed E-state index contributed by atoms with van der Waals surface area (Å²) in [6, 6.07) is 11.4. The van der Waals surface area contributed by atoms with Gasteiger partial charge >= 0.3 is 0 Å². The number of methoxy groups -OCH3 is 1. The second-order valence-electron chi connectivity index (χ2n) is 11.6. The highest BCUT2D eigenvalue weighted by molar-refractivity contribution is 6.33. The van der Waals surface area contributed by atoms with Gasteiger partial charge in [-0.15, -0.1) is 0 Å². The van der Waals surface area contributed by atoms with E-state index in [4.69, 9.17) is 21.1 Å². The number of hydrogen-bond donors (Lipinski definition) is 2. The van der Waals surface area contributed by atoms with Gasteiger partial charge in [0, 0.05) is 37.2 Å². The lowest BCUT2D eigenvalue weighted by atomic mass is 9.66. The fourth-order valence-electron chi connectivity index (χ4n) is 5.43. The Bertz CT molecular complexity index is 1440. The fraction of sp³-hybridized carbons (Fsp3) is 0.433. The fourth-order valence-corrected chi connectivity index (χ4v) is 5.56. The van der Waals surface area contributed by atoms with E-state index in [9.17, 15) is 4.79 Å². The summed E-state index contributed by atoms with van der Waals surface area (Å²) < 4.78 is 12.2. The van der Waals surface area contributed by atoms with Crippen LogP contribution in [-0.2, 0) is 6.54 Å². The van der Waals surface area contributed by atoms with Crippen LogP contribution in [0.2, 0.25) is 5.02 Å². The van der Waals surface area contributed by atoms with Crippen LogP contribution in [0.4, 0.5) is 23.1 Å². The molecule has 9 nitrogen and oxygen atoms in total. The van der Waals surface area contributed by atoms with Gasteiger partial charge in [-0.05, 0) is 51.1 Å². The Morgan fingerprint density at radius 3 is 2.60 bits per heavy atom. The smallest absolute Gasteiger partial charge is 0.256 e. The zero-order valence-electron chi connectivity index (χ0n) is 24.1. The number of benzene rings is 2. The molecule has 0 spiro atoms. The number of hydrogen-bond acceptors (Lipinski definition) is 8. The van der Waals surface area contributed by atoms with Crippen molar-refractivity contribution in [3.05, 3.63) is 58.7 Å². The topological polar surface area (TPSA) is 91.8 Å². The van der Waals surface area contributed by atoms with Crippen LogP contribution >= 0.6 is 11.6 Å². The standard InChI is InChI=1S/C30H37ClN6O3/c1-29(2)24(13-14-37(6)30(29,3)4)40-19-11-12-21(23(15-19)39-7)34-28-32-16-20(31)26(35-28)33-22-10-8-9-18-17-36(5)27(38)25(18)22/h8-12,15-16,24H,13-14,17H2,1-7H3,(H2,32,33,34,35). The zero-order chi connectivity index (χ0) is 28.8. The summed E-state index contributed by atoms with van der Waals surface area (Å²) in [6.45, 7) is 10.6. The zero-order valence-corrected chi connectivity index (χ0v) is 24.9. The van der Waals surface area contributed by atoms with Crippen LogP contribution in [-0.4, -0.2) is 65.1 Å². The van der Waals surface area contributed by atoms with Crippen molar-refractivity contribution in [2.75, 3.05) is 38.4 Å². The van der Waals surface area contributed by atoms with Crippen molar-refractivity contribution in [3.63, 3.8) is 0 Å². The average molecular weight is 565 g/mol. The molecule has 0 bridgehead atoms. The normalized spacial score (nSPS) is 19.8. The molecule has 1 amide bonds. The molecule has 2 N–H and O–H groups in total. The number of anilines is 4. The highest BCUT2D eigenvalue weighted by Crippen LogP contribution is 2.45. The molecule has 1 atom stereocenters. The van der Waals surface area contributed by atoms with Crippen molar-refractivity contribution in [1.29, 1.82) is 0 Å². The van der Waals surface area contributed by atoms with Gasteiger partial charge in [0.05, 0.1) is 30.2 Å². The predicted molar refractivity (Wildman–Crippen MR) is 158 cm³/mol. The van der Waals surface area contributed by atoms with E-state index >= 15 is 0 Å². The first-order valence-corrected chi connectivity index (χ1v) is 13.8. The molecule has 0 aliphatic carbocycles. The maximum Gasteiger partial charge on any atom is 0.256 e. The Kier molecular flexibility index (Phi) is 7.31. The average Bonchev–Trinajstić information content (AvgIpc) is 3.21. The number of fused-ring (bicyclic) bond motifs is 1. The van der Waals surface area contributed by atoms with Gasteiger partial charge in [0.2, 0.25) is 5.95 Å². The third-order valence-electron chi connectivity index (χ3n) is 8.88. The number of ether oxygens (including phenoxy) is 2. The van der Waals surface area contributed by atoms with E-state index in [0.29, 0.717) is 46.0 Å². The Labute approximate surface area is 240 Å². The second kappa shape index (κ2) is 10.4. The van der Waals surface area contributed by atoms with E-state index in [1.54, 1.807) is 19.1 Å². The number of halogens is 1. The second-order valence-corrected chi connectivity index (χ2v) is 12.0. The summed E-state index contributed by atoms with van der Waals surface area (Å²) >= 11 is 6.43. The van der Waals surface area contributed by atoms with E-state index < -0.39 is 0 Å². The van der Waals surface area contributed by atoms with Gasteiger partial charge in [0.25, 0.3) is 5.91 Å². The third-order valence-corrected chi connectivity index (χ3v) is 9.15. The highest BCUT2D eigenvalue weighted by atomic mass is 35.5. The van der Waals surface area contributed by atoms with Crippen molar-refractivity contribution >= 4 is 40.6 Å². The molecule has 1 fully saturated rings. The summed E-state index contributed by atoms with van der Waals surface area (Å²) in [5.41, 5.74) is 2.84. The number of carbonyl (C=O) groups is 1. The molecular formula is C30H37ClN6O3. The number of piperidine rings is 1. The van der Waals surface area contributed by atoms with Crippen LogP contribution in [0.1, 0.15) is 50.0 Å². The van der Waals surface area contributed by atoms with Crippen LogP contribution in [0.5, 0.6) is 11.5 Å². The molecule has 212 valence electrons. The molecule has 40 heavy (non-hydrogen) atoms. The van der Waals surface area contributed by atoms with Crippen LogP contribution < -0.4 is 20.1 Å².